The fourth-order valence-electron chi connectivity index (χ4n) is 5.98. The van der Waals surface area contributed by atoms with Crippen molar-refractivity contribution in [3.8, 4) is 0 Å². The van der Waals surface area contributed by atoms with Crippen LogP contribution in [0.4, 0.5) is 0 Å². The molecular weight excluding hydrogens is 477 g/mol. The molecule has 1 aliphatic carbocycles. The van der Waals surface area contributed by atoms with Crippen LogP contribution in [0.2, 0.25) is 40.8 Å². The fraction of sp³-hybridized carbons (Fsp3) is 0.733. The van der Waals surface area contributed by atoms with E-state index in [2.05, 4.69) is 119 Å². The van der Waals surface area contributed by atoms with Gasteiger partial charge in [0, 0.05) is 5.92 Å². The minimum absolute atomic E-state index is 0.162. The summed E-state index contributed by atoms with van der Waals surface area (Å²) in [6.45, 7) is 28.4. The molecule has 198 valence electrons. The van der Waals surface area contributed by atoms with Gasteiger partial charge in [-0.05, 0) is 60.6 Å². The van der Waals surface area contributed by atoms with Gasteiger partial charge in [-0.1, -0.05) is 109 Å². The Kier molecular flexibility index (Phi) is 10.9. The van der Waals surface area contributed by atoms with Crippen LogP contribution in [0.3, 0.4) is 0 Å². The first-order valence-corrected chi connectivity index (χ1v) is 20.2. The molecule has 1 saturated carbocycles. The van der Waals surface area contributed by atoms with Crippen LogP contribution >= 0.6 is 0 Å². The van der Waals surface area contributed by atoms with Gasteiger partial charge in [0.2, 0.25) is 8.32 Å². The lowest BCUT2D eigenvalue weighted by molar-refractivity contribution is 0.149. The molecule has 0 aliphatic heterocycles. The highest BCUT2D eigenvalue weighted by atomic mass is 28.4. The minimum atomic E-state index is -1.92. The van der Waals surface area contributed by atoms with E-state index in [1.807, 2.05) is 0 Å². The Labute approximate surface area is 222 Å². The zero-order valence-corrected chi connectivity index (χ0v) is 27.9. The third-order valence-corrected chi connectivity index (χ3v) is 20.8. The third-order valence-electron chi connectivity index (χ3n) is 8.74. The average Bonchev–Trinajstić information content (AvgIpc) is 3.09. The number of benzene rings is 1. The molecule has 2 rings (SSSR count). The maximum atomic E-state index is 7.42. The highest BCUT2D eigenvalue weighted by Gasteiger charge is 2.49. The molecule has 5 heteroatoms. The standard InChI is InChI=1S/C30H54O2Si3/c1-22(2)35(23(3)4,24(5)6)32-29-19-18-26(20-25(7)31-34(11,12)30(8,9)10)28(29)21-33-27-16-14-13-15-17-27/h13-17,20,22-25,28-29H,18-19,21H2,1-12H3/b26-20+/t25?,28-,29-/m0/s1. The topological polar surface area (TPSA) is 18.5 Å². The highest BCUT2D eigenvalue weighted by Crippen LogP contribution is 2.47. The lowest BCUT2D eigenvalue weighted by Crippen LogP contribution is -2.51. The van der Waals surface area contributed by atoms with Crippen LogP contribution in [0.15, 0.2) is 42.0 Å². The van der Waals surface area contributed by atoms with Crippen molar-refractivity contribution in [2.75, 3.05) is 0 Å². The van der Waals surface area contributed by atoms with E-state index in [9.17, 15) is 0 Å². The molecular formula is C30H54O2Si3. The highest BCUT2D eigenvalue weighted by molar-refractivity contribution is 6.77. The summed E-state index contributed by atoms with van der Waals surface area (Å²) in [5, 5.41) is 1.69. The molecule has 0 N–H and O–H groups in total. The van der Waals surface area contributed by atoms with Crippen molar-refractivity contribution in [2.45, 2.75) is 135 Å². The zero-order chi connectivity index (χ0) is 26.6. The molecule has 1 aromatic rings. The monoisotopic (exact) mass is 530 g/mol. The van der Waals surface area contributed by atoms with Crippen molar-refractivity contribution >= 4 is 31.3 Å². The van der Waals surface area contributed by atoms with Gasteiger partial charge in [-0.3, -0.25) is 0 Å². The van der Waals surface area contributed by atoms with E-state index in [-0.39, 0.29) is 11.1 Å². The summed E-state index contributed by atoms with van der Waals surface area (Å²) >= 11 is 0. The molecule has 0 heterocycles. The minimum Gasteiger partial charge on any atom is -0.413 e. The molecule has 2 radical (unpaired) electrons. The first-order chi connectivity index (χ1) is 16.1. The maximum absolute atomic E-state index is 7.42. The summed E-state index contributed by atoms with van der Waals surface area (Å²) in [5.74, 6) is 0.502. The molecule has 1 aliphatic rings. The molecule has 0 aromatic heterocycles. The molecule has 0 bridgehead atoms. The van der Waals surface area contributed by atoms with Crippen molar-refractivity contribution in [1.82, 2.24) is 0 Å². The largest absolute Gasteiger partial charge is 0.413 e. The van der Waals surface area contributed by atoms with Gasteiger partial charge in [0.25, 0.3) is 0 Å². The van der Waals surface area contributed by atoms with Crippen molar-refractivity contribution in [2.24, 2.45) is 5.92 Å². The van der Waals surface area contributed by atoms with Gasteiger partial charge in [-0.15, -0.1) is 0 Å². The molecule has 1 fully saturated rings. The van der Waals surface area contributed by atoms with E-state index >= 15 is 0 Å². The molecule has 0 amide bonds. The van der Waals surface area contributed by atoms with Gasteiger partial charge < -0.3 is 8.85 Å². The maximum Gasteiger partial charge on any atom is 0.200 e. The SMILES string of the molecule is CC(/C=C1\CC[C@H](O[Si](C(C)C)(C(C)C)C(C)C)[C@H]1C[Si]c1ccccc1)O[Si](C)(C)C(C)(C)C. The Balaban J connectivity index is 2.34. The van der Waals surface area contributed by atoms with Crippen molar-refractivity contribution in [3.63, 3.8) is 0 Å². The Hall–Kier alpha value is -0.469. The number of rotatable bonds is 11. The predicted molar refractivity (Wildman–Crippen MR) is 161 cm³/mol. The number of hydrogen-bond acceptors (Lipinski definition) is 2. The van der Waals surface area contributed by atoms with E-state index in [4.69, 9.17) is 8.85 Å². The molecule has 35 heavy (non-hydrogen) atoms. The molecule has 3 atom stereocenters. The van der Waals surface area contributed by atoms with E-state index < -0.39 is 16.6 Å². The van der Waals surface area contributed by atoms with Crippen molar-refractivity contribution in [1.29, 1.82) is 0 Å². The quantitative estimate of drug-likeness (QED) is 0.210. The second kappa shape index (κ2) is 12.4. The smallest absolute Gasteiger partial charge is 0.200 e. The van der Waals surface area contributed by atoms with E-state index in [1.165, 1.54) is 11.2 Å². The fourth-order valence-corrected chi connectivity index (χ4v) is 14.4. The Bertz CT molecular complexity index is 787. The molecule has 1 unspecified atom stereocenters. The summed E-state index contributed by atoms with van der Waals surface area (Å²) in [5.41, 5.74) is 3.44. The van der Waals surface area contributed by atoms with Gasteiger partial charge in [-0.25, -0.2) is 0 Å². The molecule has 0 saturated heterocycles. The van der Waals surface area contributed by atoms with Crippen LogP contribution in [0, 0.1) is 5.92 Å². The van der Waals surface area contributed by atoms with Crippen LogP contribution in [-0.2, 0) is 8.85 Å². The normalized spacial score (nSPS) is 22.1. The average molecular weight is 531 g/mol. The second-order valence-corrected chi connectivity index (χ2v) is 24.7. The first kappa shape index (κ1) is 30.8. The van der Waals surface area contributed by atoms with E-state index in [1.54, 1.807) is 5.57 Å². The Morgan fingerprint density at radius 2 is 1.49 bits per heavy atom. The van der Waals surface area contributed by atoms with E-state index in [0.29, 0.717) is 28.6 Å². The summed E-state index contributed by atoms with van der Waals surface area (Å²) in [6.07, 6.45) is 5.29. The van der Waals surface area contributed by atoms with Crippen LogP contribution in [0.25, 0.3) is 0 Å². The van der Waals surface area contributed by atoms with Crippen LogP contribution in [0.1, 0.15) is 82.1 Å². The van der Waals surface area contributed by atoms with E-state index in [0.717, 1.165) is 22.4 Å². The van der Waals surface area contributed by atoms with Gasteiger partial charge in [0.1, 0.15) is 0 Å². The Morgan fingerprint density at radius 3 is 1.97 bits per heavy atom. The molecule has 2 nitrogen and oxygen atoms in total. The van der Waals surface area contributed by atoms with Crippen molar-refractivity contribution < 1.29 is 8.85 Å². The van der Waals surface area contributed by atoms with Crippen LogP contribution < -0.4 is 5.19 Å². The van der Waals surface area contributed by atoms with Gasteiger partial charge in [0.15, 0.2) is 8.32 Å². The summed E-state index contributed by atoms with van der Waals surface area (Å²) in [6, 6.07) is 12.2. The first-order valence-electron chi connectivity index (χ1n) is 14.0. The Morgan fingerprint density at radius 1 is 0.943 bits per heavy atom. The van der Waals surface area contributed by atoms with Crippen molar-refractivity contribution in [3.05, 3.63) is 42.0 Å². The lowest BCUT2D eigenvalue weighted by atomic mass is 10.0. The molecule has 1 aromatic carbocycles. The lowest BCUT2D eigenvalue weighted by Gasteiger charge is -2.45. The molecule has 0 spiro atoms. The third kappa shape index (κ3) is 7.53. The predicted octanol–water partition coefficient (Wildman–Crippen LogP) is 8.74. The summed E-state index contributed by atoms with van der Waals surface area (Å²) in [4.78, 5) is 0. The zero-order valence-electron chi connectivity index (χ0n) is 24.9. The summed E-state index contributed by atoms with van der Waals surface area (Å²) in [7, 11) is -2.90. The van der Waals surface area contributed by atoms with Gasteiger partial charge >= 0.3 is 0 Å². The van der Waals surface area contributed by atoms with Crippen LogP contribution in [-0.4, -0.2) is 38.4 Å². The second-order valence-electron chi connectivity index (χ2n) is 13.2. The number of hydrogen-bond donors (Lipinski definition) is 0. The summed E-state index contributed by atoms with van der Waals surface area (Å²) < 4.78 is 14.2. The van der Waals surface area contributed by atoms with Gasteiger partial charge in [0.05, 0.1) is 21.7 Å². The van der Waals surface area contributed by atoms with Crippen LogP contribution in [0.5, 0.6) is 0 Å². The van der Waals surface area contributed by atoms with Gasteiger partial charge in [-0.2, -0.15) is 0 Å².